The molecular formula is C13H16F3N. The van der Waals surface area contributed by atoms with Gasteiger partial charge >= 0.3 is 0 Å². The molecule has 2 atom stereocenters. The largest absolute Gasteiger partial charge is 0.377 e. The summed E-state index contributed by atoms with van der Waals surface area (Å²) in [6.45, 7) is 2.07. The lowest BCUT2D eigenvalue weighted by atomic mass is 9.86. The molecule has 1 N–H and O–H groups in total. The molecule has 0 spiro atoms. The quantitative estimate of drug-likeness (QED) is 0.824. The van der Waals surface area contributed by atoms with E-state index in [1.807, 2.05) is 0 Å². The summed E-state index contributed by atoms with van der Waals surface area (Å²) in [7, 11) is 0. The highest BCUT2D eigenvalue weighted by molar-refractivity contribution is 5.47. The summed E-state index contributed by atoms with van der Waals surface area (Å²) in [5.41, 5.74) is -0.204. The van der Waals surface area contributed by atoms with Gasteiger partial charge in [-0.2, -0.15) is 0 Å². The molecule has 94 valence electrons. The molecule has 2 unspecified atom stereocenters. The van der Waals surface area contributed by atoms with E-state index in [2.05, 4.69) is 12.2 Å². The fraction of sp³-hybridized carbons (Fsp3) is 0.538. The summed E-state index contributed by atoms with van der Waals surface area (Å²) >= 11 is 0. The van der Waals surface area contributed by atoms with Crippen molar-refractivity contribution in [3.05, 3.63) is 29.6 Å². The van der Waals surface area contributed by atoms with Gasteiger partial charge in [-0.05, 0) is 18.8 Å². The topological polar surface area (TPSA) is 12.0 Å². The molecule has 2 rings (SSSR count). The van der Waals surface area contributed by atoms with Crippen LogP contribution in [0.2, 0.25) is 0 Å². The first kappa shape index (κ1) is 12.3. The number of benzene rings is 1. The van der Waals surface area contributed by atoms with E-state index in [1.54, 1.807) is 0 Å². The van der Waals surface area contributed by atoms with Crippen LogP contribution in [0.4, 0.5) is 18.9 Å². The van der Waals surface area contributed by atoms with Gasteiger partial charge in [-0.1, -0.05) is 19.8 Å². The van der Waals surface area contributed by atoms with Crippen molar-refractivity contribution in [3.63, 3.8) is 0 Å². The van der Waals surface area contributed by atoms with Gasteiger partial charge in [0.25, 0.3) is 0 Å². The standard InChI is InChI=1S/C13H16F3N/c1-8-4-2-3-5-12(8)17-13-10(15)6-9(14)7-11(13)16/h6-8,12,17H,2-5H2,1H3. The van der Waals surface area contributed by atoms with Crippen LogP contribution < -0.4 is 5.32 Å². The zero-order chi connectivity index (χ0) is 12.4. The third kappa shape index (κ3) is 2.73. The fourth-order valence-corrected chi connectivity index (χ4v) is 2.40. The van der Waals surface area contributed by atoms with E-state index >= 15 is 0 Å². The van der Waals surface area contributed by atoms with Crippen molar-refractivity contribution in [1.82, 2.24) is 0 Å². The summed E-state index contributed by atoms with van der Waals surface area (Å²) in [4.78, 5) is 0. The van der Waals surface area contributed by atoms with E-state index in [0.717, 1.165) is 25.7 Å². The lowest BCUT2D eigenvalue weighted by Crippen LogP contribution is -2.31. The molecule has 1 fully saturated rings. The number of rotatable bonds is 2. The molecular weight excluding hydrogens is 227 g/mol. The molecule has 0 bridgehead atoms. The zero-order valence-corrected chi connectivity index (χ0v) is 9.77. The van der Waals surface area contributed by atoms with Gasteiger partial charge in [0, 0.05) is 18.2 Å². The number of anilines is 1. The molecule has 1 aromatic carbocycles. The average molecular weight is 243 g/mol. The van der Waals surface area contributed by atoms with Crippen molar-refractivity contribution in [1.29, 1.82) is 0 Å². The van der Waals surface area contributed by atoms with Crippen molar-refractivity contribution in [2.24, 2.45) is 5.92 Å². The molecule has 17 heavy (non-hydrogen) atoms. The van der Waals surface area contributed by atoms with E-state index in [9.17, 15) is 13.2 Å². The van der Waals surface area contributed by atoms with Gasteiger partial charge in [0.1, 0.15) is 11.5 Å². The van der Waals surface area contributed by atoms with Crippen LogP contribution in [0, 0.1) is 23.4 Å². The molecule has 0 saturated heterocycles. The minimum absolute atomic E-state index is 0.0678. The summed E-state index contributed by atoms with van der Waals surface area (Å²) in [6, 6.07) is 1.48. The van der Waals surface area contributed by atoms with Crippen LogP contribution >= 0.6 is 0 Å². The molecule has 4 heteroatoms. The van der Waals surface area contributed by atoms with Gasteiger partial charge in [0.05, 0.1) is 0 Å². The Balaban J connectivity index is 2.17. The second-order valence-electron chi connectivity index (χ2n) is 4.76. The van der Waals surface area contributed by atoms with Gasteiger partial charge in [-0.25, -0.2) is 13.2 Å². The van der Waals surface area contributed by atoms with Crippen molar-refractivity contribution in [2.75, 3.05) is 5.32 Å². The molecule has 0 radical (unpaired) electrons. The normalized spacial score (nSPS) is 24.7. The van der Waals surface area contributed by atoms with E-state index in [0.29, 0.717) is 18.1 Å². The smallest absolute Gasteiger partial charge is 0.152 e. The average Bonchev–Trinajstić information content (AvgIpc) is 2.25. The van der Waals surface area contributed by atoms with E-state index in [-0.39, 0.29) is 11.7 Å². The van der Waals surface area contributed by atoms with Crippen LogP contribution in [0.1, 0.15) is 32.6 Å². The first-order valence-corrected chi connectivity index (χ1v) is 5.99. The number of halogens is 3. The Morgan fingerprint density at radius 3 is 2.24 bits per heavy atom. The number of hydrogen-bond acceptors (Lipinski definition) is 1. The highest BCUT2D eigenvalue weighted by atomic mass is 19.1. The van der Waals surface area contributed by atoms with Crippen LogP contribution in [-0.4, -0.2) is 6.04 Å². The van der Waals surface area contributed by atoms with Crippen LogP contribution in [-0.2, 0) is 0 Å². The lowest BCUT2D eigenvalue weighted by molar-refractivity contribution is 0.347. The first-order valence-electron chi connectivity index (χ1n) is 5.99. The molecule has 1 aliphatic rings. The first-order chi connectivity index (χ1) is 8.08. The molecule has 0 aliphatic heterocycles. The molecule has 1 aliphatic carbocycles. The molecule has 0 aromatic heterocycles. The van der Waals surface area contributed by atoms with Crippen molar-refractivity contribution in [3.8, 4) is 0 Å². The highest BCUT2D eigenvalue weighted by Gasteiger charge is 2.23. The van der Waals surface area contributed by atoms with Crippen LogP contribution in [0.3, 0.4) is 0 Å². The minimum atomic E-state index is -0.887. The predicted molar refractivity (Wildman–Crippen MR) is 61.4 cm³/mol. The Kier molecular flexibility index (Phi) is 3.60. The Morgan fingerprint density at radius 1 is 1.06 bits per heavy atom. The molecule has 1 aromatic rings. The Labute approximate surface area is 99.0 Å². The maximum atomic E-state index is 13.5. The van der Waals surface area contributed by atoms with E-state index < -0.39 is 17.5 Å². The third-order valence-corrected chi connectivity index (χ3v) is 3.45. The van der Waals surface area contributed by atoms with Crippen molar-refractivity contribution >= 4 is 5.69 Å². The van der Waals surface area contributed by atoms with Gasteiger partial charge in [-0.15, -0.1) is 0 Å². The maximum absolute atomic E-state index is 13.5. The van der Waals surface area contributed by atoms with Crippen LogP contribution in [0.25, 0.3) is 0 Å². The van der Waals surface area contributed by atoms with Gasteiger partial charge in [0.15, 0.2) is 11.6 Å². The second-order valence-corrected chi connectivity index (χ2v) is 4.76. The summed E-state index contributed by atoms with van der Waals surface area (Å²) in [5.74, 6) is -2.23. The molecule has 1 saturated carbocycles. The summed E-state index contributed by atoms with van der Waals surface area (Å²) in [6.07, 6.45) is 4.18. The van der Waals surface area contributed by atoms with E-state index in [1.165, 1.54) is 0 Å². The van der Waals surface area contributed by atoms with Gasteiger partial charge in [0.2, 0.25) is 0 Å². The Morgan fingerprint density at radius 2 is 1.65 bits per heavy atom. The predicted octanol–water partition coefficient (Wildman–Crippen LogP) is 4.09. The second kappa shape index (κ2) is 4.98. The zero-order valence-electron chi connectivity index (χ0n) is 9.77. The van der Waals surface area contributed by atoms with Crippen molar-refractivity contribution < 1.29 is 13.2 Å². The number of hydrogen-bond donors (Lipinski definition) is 1. The summed E-state index contributed by atoms with van der Waals surface area (Å²) in [5, 5.41) is 2.88. The Bertz CT molecular complexity index is 383. The highest BCUT2D eigenvalue weighted by Crippen LogP contribution is 2.29. The molecule has 1 nitrogen and oxygen atoms in total. The molecule has 0 amide bonds. The number of nitrogens with one attached hydrogen (secondary N) is 1. The van der Waals surface area contributed by atoms with Crippen LogP contribution in [0.5, 0.6) is 0 Å². The van der Waals surface area contributed by atoms with Crippen molar-refractivity contribution in [2.45, 2.75) is 38.6 Å². The molecule has 0 heterocycles. The maximum Gasteiger partial charge on any atom is 0.152 e. The SMILES string of the molecule is CC1CCCCC1Nc1c(F)cc(F)cc1F. The monoisotopic (exact) mass is 243 g/mol. The van der Waals surface area contributed by atoms with Gasteiger partial charge < -0.3 is 5.32 Å². The van der Waals surface area contributed by atoms with Crippen LogP contribution in [0.15, 0.2) is 12.1 Å². The van der Waals surface area contributed by atoms with Gasteiger partial charge in [-0.3, -0.25) is 0 Å². The lowest BCUT2D eigenvalue weighted by Gasteiger charge is -2.30. The fourth-order valence-electron chi connectivity index (χ4n) is 2.40. The minimum Gasteiger partial charge on any atom is -0.377 e. The Hall–Kier alpha value is -1.19. The summed E-state index contributed by atoms with van der Waals surface area (Å²) < 4.78 is 39.7. The third-order valence-electron chi connectivity index (χ3n) is 3.45. The van der Waals surface area contributed by atoms with E-state index in [4.69, 9.17) is 0 Å².